The molecule has 2 unspecified atom stereocenters. The van der Waals surface area contributed by atoms with Crippen LogP contribution >= 0.6 is 0 Å². The molecule has 2 aliphatic rings. The van der Waals surface area contributed by atoms with Gasteiger partial charge in [-0.1, -0.05) is 13.8 Å². The van der Waals surface area contributed by atoms with Crippen LogP contribution in [0.2, 0.25) is 0 Å². The maximum atomic E-state index is 12.4. The summed E-state index contributed by atoms with van der Waals surface area (Å²) in [5, 5.41) is 10.8. The Morgan fingerprint density at radius 3 is 1.43 bits per heavy atom. The maximum Gasteiger partial charge on any atom is 0.410 e. The Morgan fingerprint density at radius 2 is 1.11 bits per heavy atom. The molecule has 2 atom stereocenters. The quantitative estimate of drug-likeness (QED) is 0.220. The fourth-order valence-electron chi connectivity index (χ4n) is 5.47. The van der Waals surface area contributed by atoms with Crippen molar-refractivity contribution in [1.82, 2.24) is 9.80 Å². The highest BCUT2D eigenvalue weighted by Crippen LogP contribution is 2.25. The fraction of sp³-hybridized carbons (Fsp3) is 0.588. The Hall–Kier alpha value is -4.22. The highest BCUT2D eigenvalue weighted by molar-refractivity contribution is 5.70. The third-order valence-electron chi connectivity index (χ3n) is 7.85. The lowest BCUT2D eigenvalue weighted by molar-refractivity contribution is -0.384. The van der Waals surface area contributed by atoms with Crippen LogP contribution in [-0.2, 0) is 9.47 Å². The van der Waals surface area contributed by atoms with Gasteiger partial charge in [-0.3, -0.25) is 10.1 Å². The van der Waals surface area contributed by atoms with Gasteiger partial charge in [-0.15, -0.1) is 0 Å². The summed E-state index contributed by atoms with van der Waals surface area (Å²) in [6.07, 6.45) is 1.24. The van der Waals surface area contributed by atoms with Gasteiger partial charge in [0.25, 0.3) is 5.69 Å². The zero-order valence-electron chi connectivity index (χ0n) is 28.7. The molecule has 12 heteroatoms. The van der Waals surface area contributed by atoms with Crippen molar-refractivity contribution in [2.45, 2.75) is 91.5 Å². The van der Waals surface area contributed by atoms with Crippen molar-refractivity contribution in [3.05, 3.63) is 58.6 Å². The number of non-ortho nitro benzene ring substituents is 1. The molecule has 254 valence electrons. The molecule has 2 amide bonds. The van der Waals surface area contributed by atoms with Gasteiger partial charge < -0.3 is 34.8 Å². The molecular formula is C34H52N6O6. The number of nitrogens with two attached hydrogens (primary N) is 1. The number of ether oxygens (including phenoxy) is 2. The van der Waals surface area contributed by atoms with E-state index in [1.54, 1.807) is 17.0 Å². The normalized spacial score (nSPS) is 18.8. The largest absolute Gasteiger partial charge is 0.444 e. The molecule has 2 heterocycles. The summed E-state index contributed by atoms with van der Waals surface area (Å²) >= 11 is 0. The van der Waals surface area contributed by atoms with Crippen molar-refractivity contribution >= 4 is 34.9 Å². The molecule has 0 aromatic heterocycles. The molecule has 4 rings (SSSR count). The van der Waals surface area contributed by atoms with Crippen molar-refractivity contribution in [3.8, 4) is 0 Å². The van der Waals surface area contributed by atoms with Crippen molar-refractivity contribution in [1.29, 1.82) is 0 Å². The zero-order chi connectivity index (χ0) is 34.2. The first-order chi connectivity index (χ1) is 21.5. The molecule has 0 bridgehead atoms. The second-order valence-electron chi connectivity index (χ2n) is 13.7. The first kappa shape index (κ1) is 36.3. The number of benzene rings is 2. The molecule has 46 heavy (non-hydrogen) atoms. The lowest BCUT2D eigenvalue weighted by Gasteiger charge is -2.42. The fourth-order valence-corrected chi connectivity index (χ4v) is 5.47. The van der Waals surface area contributed by atoms with Gasteiger partial charge in [-0.05, 0) is 90.8 Å². The number of carbonyl (C=O) groups excluding carboxylic acids is 2. The van der Waals surface area contributed by atoms with Crippen LogP contribution in [-0.4, -0.2) is 89.5 Å². The topological polar surface area (TPSA) is 135 Å². The Morgan fingerprint density at radius 1 is 0.739 bits per heavy atom. The van der Waals surface area contributed by atoms with Crippen LogP contribution in [0.5, 0.6) is 0 Å². The Labute approximate surface area is 273 Å². The zero-order valence-corrected chi connectivity index (χ0v) is 28.7. The number of hydrogen-bond acceptors (Lipinski definition) is 9. The lowest BCUT2D eigenvalue weighted by Crippen LogP contribution is -2.56. The molecular weight excluding hydrogens is 588 g/mol. The van der Waals surface area contributed by atoms with E-state index in [4.69, 9.17) is 15.2 Å². The second-order valence-corrected chi connectivity index (χ2v) is 13.7. The SMILES string of the molecule is CCC1CN(c2ccc(N)cc2)CCN1C(=O)OC(C)(C)C.CCC1CN(c2ccc([N+](=O)[O-])cc2)CCN1C(=O)OC(C)(C)C. The van der Waals surface area contributed by atoms with Crippen molar-refractivity contribution in [2.75, 3.05) is 54.8 Å². The number of rotatable bonds is 5. The van der Waals surface area contributed by atoms with E-state index in [1.165, 1.54) is 12.1 Å². The third-order valence-corrected chi connectivity index (χ3v) is 7.85. The Kier molecular flexibility index (Phi) is 12.1. The van der Waals surface area contributed by atoms with Crippen molar-refractivity contribution in [3.63, 3.8) is 0 Å². The molecule has 0 spiro atoms. The van der Waals surface area contributed by atoms with E-state index < -0.39 is 16.1 Å². The van der Waals surface area contributed by atoms with Crippen LogP contribution in [0.1, 0.15) is 68.2 Å². The van der Waals surface area contributed by atoms with Gasteiger partial charge >= 0.3 is 12.2 Å². The van der Waals surface area contributed by atoms with Gasteiger partial charge in [-0.2, -0.15) is 0 Å². The number of nitro groups is 1. The lowest BCUT2D eigenvalue weighted by atomic mass is 10.1. The summed E-state index contributed by atoms with van der Waals surface area (Å²) < 4.78 is 11.0. The molecule has 0 radical (unpaired) electrons. The van der Waals surface area contributed by atoms with E-state index in [1.807, 2.05) is 77.6 Å². The number of hydrogen-bond donors (Lipinski definition) is 1. The van der Waals surface area contributed by atoms with E-state index in [0.717, 1.165) is 43.0 Å². The van der Waals surface area contributed by atoms with Gasteiger partial charge in [0.05, 0.1) is 17.0 Å². The molecule has 2 N–H and O–H groups in total. The number of piperazine rings is 2. The van der Waals surface area contributed by atoms with Crippen LogP contribution in [0.25, 0.3) is 0 Å². The first-order valence-electron chi connectivity index (χ1n) is 16.1. The predicted molar refractivity (Wildman–Crippen MR) is 182 cm³/mol. The van der Waals surface area contributed by atoms with E-state index in [2.05, 4.69) is 16.7 Å². The Balaban J connectivity index is 0.000000251. The van der Waals surface area contributed by atoms with E-state index >= 15 is 0 Å². The van der Waals surface area contributed by atoms with Crippen LogP contribution < -0.4 is 15.5 Å². The van der Waals surface area contributed by atoms with Gasteiger partial charge in [0, 0.05) is 68.5 Å². The smallest absolute Gasteiger partial charge is 0.410 e. The average Bonchev–Trinajstić information content (AvgIpc) is 2.99. The average molecular weight is 641 g/mol. The summed E-state index contributed by atoms with van der Waals surface area (Å²) in [4.78, 5) is 43.1. The maximum absolute atomic E-state index is 12.4. The van der Waals surface area contributed by atoms with Crippen LogP contribution in [0.3, 0.4) is 0 Å². The molecule has 2 fully saturated rings. The van der Waals surface area contributed by atoms with Crippen LogP contribution in [0.4, 0.5) is 32.3 Å². The van der Waals surface area contributed by atoms with E-state index in [9.17, 15) is 19.7 Å². The number of anilines is 3. The highest BCUT2D eigenvalue weighted by atomic mass is 16.6. The number of amides is 2. The van der Waals surface area contributed by atoms with E-state index in [0.29, 0.717) is 26.2 Å². The number of nitro benzene ring substituents is 1. The summed E-state index contributed by atoms with van der Waals surface area (Å²) in [5.74, 6) is 0. The van der Waals surface area contributed by atoms with Crippen molar-refractivity contribution in [2.24, 2.45) is 0 Å². The number of nitrogen functional groups attached to an aromatic ring is 1. The molecule has 0 saturated carbocycles. The summed E-state index contributed by atoms with van der Waals surface area (Å²) in [5.41, 5.74) is 7.71. The summed E-state index contributed by atoms with van der Waals surface area (Å²) in [6.45, 7) is 19.7. The van der Waals surface area contributed by atoms with Gasteiger partial charge in [0.1, 0.15) is 11.2 Å². The highest BCUT2D eigenvalue weighted by Gasteiger charge is 2.34. The molecule has 2 aromatic rings. The number of nitrogens with zero attached hydrogens (tertiary/aromatic N) is 5. The molecule has 2 aliphatic heterocycles. The van der Waals surface area contributed by atoms with Crippen LogP contribution in [0.15, 0.2) is 48.5 Å². The second kappa shape index (κ2) is 15.4. The predicted octanol–water partition coefficient (Wildman–Crippen LogP) is 6.54. The van der Waals surface area contributed by atoms with Crippen LogP contribution in [0, 0.1) is 10.1 Å². The standard InChI is InChI=1S/C17H25N3O4.C17H27N3O2/c1-5-13-12-18(14-6-8-15(9-7-14)20(22)23)10-11-19(13)16(21)24-17(2,3)4;1-5-14-12-19(15-8-6-13(18)7-9-15)10-11-20(14)16(21)22-17(2,3)4/h6-9,13H,5,10-12H2,1-4H3;6-9,14H,5,10-12,18H2,1-4H3. The molecule has 12 nitrogen and oxygen atoms in total. The first-order valence-corrected chi connectivity index (χ1v) is 16.1. The Bertz CT molecular complexity index is 1310. The molecule has 2 saturated heterocycles. The minimum atomic E-state index is -0.509. The van der Waals surface area contributed by atoms with Gasteiger partial charge in [0.2, 0.25) is 0 Å². The van der Waals surface area contributed by atoms with Gasteiger partial charge in [-0.25, -0.2) is 9.59 Å². The van der Waals surface area contributed by atoms with Gasteiger partial charge in [0.15, 0.2) is 0 Å². The minimum absolute atomic E-state index is 0.0591. The summed E-state index contributed by atoms with van der Waals surface area (Å²) in [6, 6.07) is 14.7. The minimum Gasteiger partial charge on any atom is -0.444 e. The summed E-state index contributed by atoms with van der Waals surface area (Å²) in [7, 11) is 0. The van der Waals surface area contributed by atoms with Crippen molar-refractivity contribution < 1.29 is 24.0 Å². The number of carbonyl (C=O) groups is 2. The molecule has 2 aromatic carbocycles. The third kappa shape index (κ3) is 10.4. The monoisotopic (exact) mass is 640 g/mol. The molecule has 0 aliphatic carbocycles. The van der Waals surface area contributed by atoms with E-state index in [-0.39, 0.29) is 30.0 Å².